The van der Waals surface area contributed by atoms with Gasteiger partial charge in [-0.25, -0.2) is 4.79 Å². The Hall–Kier alpha value is -0.810. The number of hydrogen-bond donors (Lipinski definition) is 1. The van der Waals surface area contributed by atoms with Crippen molar-refractivity contribution in [1.82, 2.24) is 4.90 Å². The fourth-order valence-electron chi connectivity index (χ4n) is 4.14. The minimum Gasteiger partial charge on any atom is -0.459 e. The van der Waals surface area contributed by atoms with Crippen LogP contribution < -0.4 is 5.73 Å². The third-order valence-corrected chi connectivity index (χ3v) is 5.51. The van der Waals surface area contributed by atoms with Gasteiger partial charge in [0, 0.05) is 6.54 Å². The Bertz CT molecular complexity index is 575. The van der Waals surface area contributed by atoms with Gasteiger partial charge < -0.3 is 10.5 Å². The number of piperidine rings is 3. The molecule has 3 aliphatic heterocycles. The van der Waals surface area contributed by atoms with E-state index in [9.17, 15) is 4.79 Å². The lowest BCUT2D eigenvalue weighted by molar-refractivity contribution is -0.165. The van der Waals surface area contributed by atoms with E-state index in [1.165, 1.54) is 5.56 Å². The molecule has 2 N–H and O–H groups in total. The lowest BCUT2D eigenvalue weighted by atomic mass is 9.85. The summed E-state index contributed by atoms with van der Waals surface area (Å²) in [7, 11) is 0. The standard InChI is InChI=1S/C17H22N2O2.2ClH/c18-17(8-5-12-3-1-2-4-14(12)17)16(20)21-15-11-19-9-6-13(15)7-10-19;;/h1-4,13,15H,5-11,18H2;2*1H/t15?,17-;;/m1../s1. The van der Waals surface area contributed by atoms with Crippen LogP contribution in [0.4, 0.5) is 0 Å². The third-order valence-electron chi connectivity index (χ3n) is 5.51. The number of rotatable bonds is 2. The molecule has 3 heterocycles. The van der Waals surface area contributed by atoms with Crippen LogP contribution in [-0.2, 0) is 21.5 Å². The molecule has 1 aromatic carbocycles. The molecule has 6 heteroatoms. The van der Waals surface area contributed by atoms with Gasteiger partial charge in [-0.3, -0.25) is 4.90 Å². The van der Waals surface area contributed by atoms with Gasteiger partial charge in [0.05, 0.1) is 0 Å². The second kappa shape index (κ2) is 6.98. The lowest BCUT2D eigenvalue weighted by Gasteiger charge is -2.44. The molecule has 0 saturated carbocycles. The summed E-state index contributed by atoms with van der Waals surface area (Å²) >= 11 is 0. The summed E-state index contributed by atoms with van der Waals surface area (Å²) in [5, 5.41) is 0. The van der Waals surface area contributed by atoms with E-state index in [1.807, 2.05) is 18.2 Å². The summed E-state index contributed by atoms with van der Waals surface area (Å²) in [4.78, 5) is 15.1. The van der Waals surface area contributed by atoms with Crippen molar-refractivity contribution in [2.75, 3.05) is 19.6 Å². The molecule has 0 radical (unpaired) electrons. The van der Waals surface area contributed by atoms with Gasteiger partial charge in [-0.05, 0) is 55.8 Å². The number of benzene rings is 1. The topological polar surface area (TPSA) is 55.6 Å². The highest BCUT2D eigenvalue weighted by molar-refractivity contribution is 5.85. The highest BCUT2D eigenvalue weighted by Crippen LogP contribution is 2.37. The monoisotopic (exact) mass is 358 g/mol. The third kappa shape index (κ3) is 3.10. The van der Waals surface area contributed by atoms with Crippen molar-refractivity contribution >= 4 is 30.8 Å². The number of nitrogens with two attached hydrogens (primary N) is 1. The van der Waals surface area contributed by atoms with Crippen LogP contribution in [0.15, 0.2) is 24.3 Å². The maximum Gasteiger partial charge on any atom is 0.331 e. The van der Waals surface area contributed by atoms with Gasteiger partial charge in [0.25, 0.3) is 0 Å². The molecule has 3 fully saturated rings. The van der Waals surface area contributed by atoms with Gasteiger partial charge in [-0.1, -0.05) is 24.3 Å². The fourth-order valence-corrected chi connectivity index (χ4v) is 4.14. The second-order valence-corrected chi connectivity index (χ2v) is 6.71. The zero-order chi connectivity index (χ0) is 14.4. The first-order chi connectivity index (χ1) is 10.2. The van der Waals surface area contributed by atoms with Gasteiger partial charge >= 0.3 is 5.97 Å². The molecule has 0 aromatic heterocycles. The maximum absolute atomic E-state index is 12.7. The number of carbonyl (C=O) groups is 1. The quantitative estimate of drug-likeness (QED) is 0.823. The smallest absolute Gasteiger partial charge is 0.331 e. The number of halogens is 2. The zero-order valence-corrected chi connectivity index (χ0v) is 14.7. The summed E-state index contributed by atoms with van der Waals surface area (Å²) in [6.45, 7) is 3.18. The van der Waals surface area contributed by atoms with E-state index in [-0.39, 0.29) is 36.9 Å². The van der Waals surface area contributed by atoms with Crippen molar-refractivity contribution in [3.8, 4) is 0 Å². The van der Waals surface area contributed by atoms with Gasteiger partial charge in [0.15, 0.2) is 0 Å². The largest absolute Gasteiger partial charge is 0.459 e. The average molecular weight is 359 g/mol. The van der Waals surface area contributed by atoms with Gasteiger partial charge in [0.1, 0.15) is 11.6 Å². The van der Waals surface area contributed by atoms with Crippen molar-refractivity contribution in [3.05, 3.63) is 35.4 Å². The van der Waals surface area contributed by atoms with Crippen LogP contribution in [0.2, 0.25) is 0 Å². The van der Waals surface area contributed by atoms with E-state index in [0.29, 0.717) is 12.3 Å². The molecule has 1 aliphatic carbocycles. The molecular formula is C17H24Cl2N2O2. The molecule has 1 aromatic rings. The van der Waals surface area contributed by atoms with Crippen molar-refractivity contribution in [3.63, 3.8) is 0 Å². The van der Waals surface area contributed by atoms with Crippen LogP contribution in [0.5, 0.6) is 0 Å². The minimum absolute atomic E-state index is 0. The molecule has 128 valence electrons. The summed E-state index contributed by atoms with van der Waals surface area (Å²) < 4.78 is 5.86. The SMILES string of the molecule is Cl.Cl.N[C@]1(C(=O)OC2CN3CCC2CC3)CCc2ccccc21. The Morgan fingerprint density at radius 3 is 2.57 bits per heavy atom. The molecule has 1 unspecified atom stereocenters. The molecule has 2 atom stereocenters. The van der Waals surface area contributed by atoms with Crippen LogP contribution in [0.25, 0.3) is 0 Å². The Morgan fingerprint density at radius 2 is 1.91 bits per heavy atom. The Balaban J connectivity index is 0.000000960. The predicted octanol–water partition coefficient (Wildman–Crippen LogP) is 2.27. The molecule has 0 amide bonds. The van der Waals surface area contributed by atoms with Crippen molar-refractivity contribution in [1.29, 1.82) is 0 Å². The van der Waals surface area contributed by atoms with Crippen molar-refractivity contribution in [2.24, 2.45) is 11.7 Å². The van der Waals surface area contributed by atoms with E-state index in [4.69, 9.17) is 10.5 Å². The first kappa shape index (κ1) is 18.5. The summed E-state index contributed by atoms with van der Waals surface area (Å²) in [6.07, 6.45) is 3.85. The summed E-state index contributed by atoms with van der Waals surface area (Å²) in [6, 6.07) is 7.99. The number of aryl methyl sites for hydroxylation is 1. The van der Waals surface area contributed by atoms with Crippen LogP contribution >= 0.6 is 24.8 Å². The number of esters is 1. The van der Waals surface area contributed by atoms with Gasteiger partial charge in [-0.15, -0.1) is 24.8 Å². The Kier molecular flexibility index (Phi) is 5.62. The van der Waals surface area contributed by atoms with Gasteiger partial charge in [-0.2, -0.15) is 0 Å². The normalized spacial score (nSPS) is 34.0. The number of carbonyl (C=O) groups excluding carboxylic acids is 1. The molecule has 4 aliphatic rings. The first-order valence-electron chi connectivity index (χ1n) is 7.97. The minimum atomic E-state index is -0.942. The van der Waals surface area contributed by atoms with Crippen molar-refractivity contribution in [2.45, 2.75) is 37.3 Å². The number of hydrogen-bond acceptors (Lipinski definition) is 4. The zero-order valence-electron chi connectivity index (χ0n) is 13.1. The van der Waals surface area contributed by atoms with Crippen LogP contribution in [-0.4, -0.2) is 36.6 Å². The molecule has 0 spiro atoms. The Morgan fingerprint density at radius 1 is 1.22 bits per heavy atom. The highest BCUT2D eigenvalue weighted by atomic mass is 35.5. The van der Waals surface area contributed by atoms with Crippen LogP contribution in [0, 0.1) is 5.92 Å². The van der Waals surface area contributed by atoms with Gasteiger partial charge in [0.2, 0.25) is 0 Å². The van der Waals surface area contributed by atoms with Crippen LogP contribution in [0.3, 0.4) is 0 Å². The van der Waals surface area contributed by atoms with E-state index < -0.39 is 5.54 Å². The number of nitrogens with zero attached hydrogens (tertiary/aromatic N) is 1. The van der Waals surface area contributed by atoms with E-state index in [0.717, 1.165) is 44.5 Å². The lowest BCUT2D eigenvalue weighted by Crippen LogP contribution is -2.54. The molecule has 23 heavy (non-hydrogen) atoms. The van der Waals surface area contributed by atoms with E-state index >= 15 is 0 Å². The molecular weight excluding hydrogens is 335 g/mol. The van der Waals surface area contributed by atoms with E-state index in [1.54, 1.807) is 0 Å². The fraction of sp³-hybridized carbons (Fsp3) is 0.588. The molecule has 2 bridgehead atoms. The molecule has 5 rings (SSSR count). The number of fused-ring (bicyclic) bond motifs is 4. The summed E-state index contributed by atoms with van der Waals surface area (Å²) in [5.74, 6) is 0.297. The molecule has 4 nitrogen and oxygen atoms in total. The average Bonchev–Trinajstić information content (AvgIpc) is 2.88. The number of ether oxygens (including phenoxy) is 1. The second-order valence-electron chi connectivity index (χ2n) is 6.71. The molecule has 3 saturated heterocycles. The predicted molar refractivity (Wildman–Crippen MR) is 94.2 cm³/mol. The van der Waals surface area contributed by atoms with E-state index in [2.05, 4.69) is 11.0 Å². The first-order valence-corrected chi connectivity index (χ1v) is 7.97. The Labute approximate surface area is 149 Å². The summed E-state index contributed by atoms with van der Waals surface area (Å²) in [5.41, 5.74) is 7.64. The highest BCUT2D eigenvalue weighted by Gasteiger charge is 2.46. The van der Waals surface area contributed by atoms with Crippen LogP contribution in [0.1, 0.15) is 30.4 Å². The maximum atomic E-state index is 12.7. The van der Waals surface area contributed by atoms with Crippen molar-refractivity contribution < 1.29 is 9.53 Å².